The summed E-state index contributed by atoms with van der Waals surface area (Å²) in [7, 11) is 0. The number of benzene rings is 1. The van der Waals surface area contributed by atoms with E-state index in [2.05, 4.69) is 10.1 Å². The molecule has 0 aliphatic heterocycles. The maximum Gasteiger partial charge on any atom is 0.411 e. The van der Waals surface area contributed by atoms with E-state index in [4.69, 9.17) is 5.11 Å². The number of amides is 1. The van der Waals surface area contributed by atoms with Crippen molar-refractivity contribution >= 4 is 17.6 Å². The Hall–Kier alpha value is -2.29. The molecule has 3 N–H and O–H groups in total. The maximum absolute atomic E-state index is 11.8. The van der Waals surface area contributed by atoms with Crippen LogP contribution in [0.4, 0.5) is 18.9 Å². The van der Waals surface area contributed by atoms with Gasteiger partial charge in [0.1, 0.15) is 12.4 Å². The number of aromatic hydroxyl groups is 1. The third kappa shape index (κ3) is 6.13. The third-order valence-corrected chi connectivity index (χ3v) is 2.26. The fourth-order valence-corrected chi connectivity index (χ4v) is 1.33. The Morgan fingerprint density at radius 1 is 1.29 bits per heavy atom. The fraction of sp³-hybridized carbons (Fsp3) is 0.333. The zero-order valence-corrected chi connectivity index (χ0v) is 10.6. The zero-order chi connectivity index (χ0) is 16.0. The predicted molar refractivity (Wildman–Crippen MR) is 65.2 cm³/mol. The molecule has 1 aromatic rings. The van der Waals surface area contributed by atoms with Gasteiger partial charge in [-0.05, 0) is 18.2 Å². The molecule has 0 spiro atoms. The van der Waals surface area contributed by atoms with Crippen LogP contribution in [0.5, 0.6) is 5.75 Å². The van der Waals surface area contributed by atoms with E-state index in [9.17, 15) is 27.9 Å². The highest BCUT2D eigenvalue weighted by molar-refractivity contribution is 5.95. The molecule has 9 heteroatoms. The Balaban J connectivity index is 2.51. The van der Waals surface area contributed by atoms with Gasteiger partial charge in [-0.25, -0.2) is 4.79 Å². The number of nitrogens with one attached hydrogen (secondary N) is 1. The number of carboxylic acid groups (broad SMARTS) is 1. The van der Waals surface area contributed by atoms with E-state index in [1.807, 2.05) is 0 Å². The monoisotopic (exact) mass is 307 g/mol. The highest BCUT2D eigenvalue weighted by Gasteiger charge is 2.27. The average molecular weight is 307 g/mol. The number of halogens is 3. The lowest BCUT2D eigenvalue weighted by Gasteiger charge is -2.09. The van der Waals surface area contributed by atoms with E-state index in [1.54, 1.807) is 0 Å². The van der Waals surface area contributed by atoms with Gasteiger partial charge in [-0.15, -0.1) is 0 Å². The fourth-order valence-electron chi connectivity index (χ4n) is 1.33. The zero-order valence-electron chi connectivity index (χ0n) is 10.6. The lowest BCUT2D eigenvalue weighted by Crippen LogP contribution is -2.20. The number of phenolic OH excluding ortho intramolecular Hbond substituents is 1. The number of hydrogen-bond acceptors (Lipinski definition) is 4. The number of carboxylic acids is 1. The van der Waals surface area contributed by atoms with Crippen LogP contribution >= 0.6 is 0 Å². The Labute approximate surface area is 117 Å². The van der Waals surface area contributed by atoms with Crippen LogP contribution in [0, 0.1) is 0 Å². The minimum absolute atomic E-state index is 0.143. The highest BCUT2D eigenvalue weighted by Crippen LogP contribution is 2.24. The Bertz CT molecular complexity index is 530. The summed E-state index contributed by atoms with van der Waals surface area (Å²) in [5.41, 5.74) is -0.299. The van der Waals surface area contributed by atoms with E-state index < -0.39 is 31.3 Å². The van der Waals surface area contributed by atoms with Gasteiger partial charge >= 0.3 is 12.1 Å². The van der Waals surface area contributed by atoms with Crippen LogP contribution in [0.3, 0.4) is 0 Å². The van der Waals surface area contributed by atoms with Gasteiger partial charge in [0.15, 0.2) is 0 Å². The van der Waals surface area contributed by atoms with Gasteiger partial charge in [-0.3, -0.25) is 4.79 Å². The Morgan fingerprint density at radius 3 is 2.52 bits per heavy atom. The van der Waals surface area contributed by atoms with Crippen molar-refractivity contribution in [3.63, 3.8) is 0 Å². The summed E-state index contributed by atoms with van der Waals surface area (Å²) in [4.78, 5) is 22.2. The SMILES string of the molecule is O=C(CCOCC(F)(F)F)Nc1cc(C(=O)O)ccc1O. The number of anilines is 1. The van der Waals surface area contributed by atoms with Crippen molar-refractivity contribution in [1.29, 1.82) is 0 Å². The molecule has 0 saturated carbocycles. The molecule has 0 aliphatic rings. The van der Waals surface area contributed by atoms with Crippen molar-refractivity contribution in [2.75, 3.05) is 18.5 Å². The molecule has 116 valence electrons. The van der Waals surface area contributed by atoms with Gasteiger partial charge < -0.3 is 20.3 Å². The molecule has 0 heterocycles. The molecule has 0 unspecified atom stereocenters. The normalized spacial score (nSPS) is 11.2. The molecule has 0 atom stereocenters. The second kappa shape index (κ2) is 6.93. The largest absolute Gasteiger partial charge is 0.506 e. The first-order valence-corrected chi connectivity index (χ1v) is 5.69. The van der Waals surface area contributed by atoms with Gasteiger partial charge in [0.25, 0.3) is 0 Å². The van der Waals surface area contributed by atoms with Crippen molar-refractivity contribution in [3.05, 3.63) is 23.8 Å². The lowest BCUT2D eigenvalue weighted by atomic mass is 10.2. The minimum Gasteiger partial charge on any atom is -0.506 e. The smallest absolute Gasteiger partial charge is 0.411 e. The van der Waals surface area contributed by atoms with Crippen molar-refractivity contribution < 1.29 is 37.7 Å². The standard InChI is InChI=1S/C12H12F3NO5/c13-12(14,15)6-21-4-3-10(18)16-8-5-7(11(19)20)1-2-9(8)17/h1-2,5,17H,3-4,6H2,(H,16,18)(H,19,20). The van der Waals surface area contributed by atoms with Crippen molar-refractivity contribution in [2.45, 2.75) is 12.6 Å². The van der Waals surface area contributed by atoms with E-state index >= 15 is 0 Å². The van der Waals surface area contributed by atoms with Gasteiger partial charge in [-0.1, -0.05) is 0 Å². The lowest BCUT2D eigenvalue weighted by molar-refractivity contribution is -0.174. The first-order chi connectivity index (χ1) is 9.69. The number of phenols is 1. The van der Waals surface area contributed by atoms with Crippen LogP contribution in [-0.4, -0.2) is 41.5 Å². The van der Waals surface area contributed by atoms with Gasteiger partial charge in [0, 0.05) is 0 Å². The second-order valence-corrected chi connectivity index (χ2v) is 4.00. The number of hydrogen-bond donors (Lipinski definition) is 3. The highest BCUT2D eigenvalue weighted by atomic mass is 19.4. The molecule has 0 fully saturated rings. The summed E-state index contributed by atoms with van der Waals surface area (Å²) in [6, 6.07) is 3.26. The van der Waals surface area contributed by atoms with Crippen LogP contribution in [0.2, 0.25) is 0 Å². The Kier molecular flexibility index (Phi) is 5.53. The van der Waals surface area contributed by atoms with Crippen LogP contribution in [0.1, 0.15) is 16.8 Å². The quantitative estimate of drug-likeness (QED) is 0.552. The number of carbonyl (C=O) groups is 2. The second-order valence-electron chi connectivity index (χ2n) is 4.00. The van der Waals surface area contributed by atoms with Crippen molar-refractivity contribution in [3.8, 4) is 5.75 Å². The van der Waals surface area contributed by atoms with Crippen LogP contribution < -0.4 is 5.32 Å². The molecular weight excluding hydrogens is 295 g/mol. The molecule has 1 aromatic carbocycles. The van der Waals surface area contributed by atoms with E-state index in [-0.39, 0.29) is 23.4 Å². The molecule has 1 rings (SSSR count). The molecule has 0 radical (unpaired) electrons. The number of rotatable bonds is 6. The topological polar surface area (TPSA) is 95.9 Å². The van der Waals surface area contributed by atoms with Gasteiger partial charge in [0.05, 0.1) is 24.3 Å². The average Bonchev–Trinajstić information content (AvgIpc) is 2.36. The van der Waals surface area contributed by atoms with Crippen LogP contribution in [0.15, 0.2) is 18.2 Å². The van der Waals surface area contributed by atoms with E-state index in [0.717, 1.165) is 18.2 Å². The number of aromatic carboxylic acids is 1. The molecule has 0 bridgehead atoms. The minimum atomic E-state index is -4.47. The van der Waals surface area contributed by atoms with E-state index in [0.29, 0.717) is 0 Å². The number of ether oxygens (including phenoxy) is 1. The molecule has 0 aliphatic carbocycles. The van der Waals surface area contributed by atoms with Crippen LogP contribution in [-0.2, 0) is 9.53 Å². The van der Waals surface area contributed by atoms with E-state index in [1.165, 1.54) is 0 Å². The number of alkyl halides is 3. The summed E-state index contributed by atoms with van der Waals surface area (Å²) in [5, 5.41) is 20.4. The van der Waals surface area contributed by atoms with Gasteiger partial charge in [-0.2, -0.15) is 13.2 Å². The maximum atomic E-state index is 11.8. The molecule has 1 amide bonds. The molecule has 6 nitrogen and oxygen atoms in total. The Morgan fingerprint density at radius 2 is 1.95 bits per heavy atom. The first kappa shape index (κ1) is 16.8. The van der Waals surface area contributed by atoms with Crippen LogP contribution in [0.25, 0.3) is 0 Å². The number of carbonyl (C=O) groups excluding carboxylic acids is 1. The first-order valence-electron chi connectivity index (χ1n) is 5.69. The van der Waals surface area contributed by atoms with Gasteiger partial charge in [0.2, 0.25) is 5.91 Å². The molecule has 0 aromatic heterocycles. The molecule has 21 heavy (non-hydrogen) atoms. The predicted octanol–water partition coefficient (Wildman–Crippen LogP) is 2.00. The summed E-state index contributed by atoms with van der Waals surface area (Å²) in [6.45, 7) is -1.91. The molecular formula is C12H12F3NO5. The van der Waals surface area contributed by atoms with Crippen molar-refractivity contribution in [2.24, 2.45) is 0 Å². The summed E-state index contributed by atoms with van der Waals surface area (Å²) >= 11 is 0. The summed E-state index contributed by atoms with van der Waals surface area (Å²) in [5.74, 6) is -2.32. The summed E-state index contributed by atoms with van der Waals surface area (Å²) in [6.07, 6.45) is -4.84. The third-order valence-electron chi connectivity index (χ3n) is 2.26. The molecule has 0 saturated heterocycles. The van der Waals surface area contributed by atoms with Crippen molar-refractivity contribution in [1.82, 2.24) is 0 Å². The summed E-state index contributed by atoms with van der Waals surface area (Å²) < 4.78 is 39.6.